The number of esters is 1. The highest BCUT2D eigenvalue weighted by Gasteiger charge is 2.27. The predicted molar refractivity (Wildman–Crippen MR) is 84.4 cm³/mol. The number of carbonyl (C=O) groups excluding carboxylic acids is 1. The van der Waals surface area contributed by atoms with Crippen molar-refractivity contribution in [2.45, 2.75) is 59.4 Å². The lowest BCUT2D eigenvalue weighted by Gasteiger charge is -2.24. The van der Waals surface area contributed by atoms with Crippen LogP contribution in [0.5, 0.6) is 5.88 Å². The summed E-state index contributed by atoms with van der Waals surface area (Å²) in [6.45, 7) is 6.72. The van der Waals surface area contributed by atoms with Crippen LogP contribution in [-0.2, 0) is 24.1 Å². The van der Waals surface area contributed by atoms with Gasteiger partial charge in [-0.05, 0) is 44.9 Å². The Morgan fingerprint density at radius 2 is 2.09 bits per heavy atom. The van der Waals surface area contributed by atoms with Gasteiger partial charge >= 0.3 is 5.97 Å². The minimum atomic E-state index is -0.725. The lowest BCUT2D eigenvalue weighted by molar-refractivity contribution is 0.0519. The highest BCUT2D eigenvalue weighted by atomic mass is 16.5. The Hall–Kier alpha value is -1.78. The van der Waals surface area contributed by atoms with Gasteiger partial charge in [-0.25, -0.2) is 4.79 Å². The second-order valence-electron chi connectivity index (χ2n) is 6.21. The second-order valence-corrected chi connectivity index (χ2v) is 6.21. The molecule has 2 rings (SSSR count). The Labute approximate surface area is 130 Å². The van der Waals surface area contributed by atoms with E-state index in [0.717, 1.165) is 31.4 Å². The molecule has 5 nitrogen and oxygen atoms in total. The predicted octanol–water partition coefficient (Wildman–Crippen LogP) is 2.66. The molecule has 0 saturated carbocycles. The molecule has 5 heteroatoms. The lowest BCUT2D eigenvalue weighted by Crippen LogP contribution is -2.29. The van der Waals surface area contributed by atoms with E-state index in [0.29, 0.717) is 24.4 Å². The molecule has 0 saturated heterocycles. The molecule has 0 bridgehead atoms. The Kier molecular flexibility index (Phi) is 5.27. The summed E-state index contributed by atoms with van der Waals surface area (Å²) >= 11 is 0. The first kappa shape index (κ1) is 16.6. The highest BCUT2D eigenvalue weighted by Crippen LogP contribution is 2.27. The molecule has 0 fully saturated rings. The summed E-state index contributed by atoms with van der Waals surface area (Å²) < 4.78 is 6.68. The smallest absolute Gasteiger partial charge is 0.347 e. The number of hydrogen-bond acceptors (Lipinski definition) is 4. The van der Waals surface area contributed by atoms with Gasteiger partial charge < -0.3 is 14.4 Å². The molecule has 0 atom stereocenters. The number of pyridine rings is 1. The lowest BCUT2D eigenvalue weighted by atomic mass is 9.95. The van der Waals surface area contributed by atoms with Crippen molar-refractivity contribution in [3.63, 3.8) is 0 Å². The van der Waals surface area contributed by atoms with E-state index in [9.17, 15) is 14.7 Å². The van der Waals surface area contributed by atoms with Crippen LogP contribution in [0, 0.1) is 5.92 Å². The minimum Gasteiger partial charge on any atom is -0.494 e. The summed E-state index contributed by atoms with van der Waals surface area (Å²) in [6.07, 6.45) is 4.24. The number of aromatic nitrogens is 1. The van der Waals surface area contributed by atoms with E-state index in [4.69, 9.17) is 4.74 Å². The van der Waals surface area contributed by atoms with Crippen LogP contribution < -0.4 is 5.43 Å². The number of fused-ring (bicyclic) bond motifs is 1. The largest absolute Gasteiger partial charge is 0.494 e. The molecule has 0 amide bonds. The number of hydrogen-bond donors (Lipinski definition) is 1. The van der Waals surface area contributed by atoms with Gasteiger partial charge in [-0.1, -0.05) is 13.8 Å². The van der Waals surface area contributed by atoms with Crippen molar-refractivity contribution in [2.75, 3.05) is 6.61 Å². The average molecular weight is 307 g/mol. The molecule has 1 aliphatic heterocycles. The van der Waals surface area contributed by atoms with Crippen LogP contribution in [0.25, 0.3) is 0 Å². The molecule has 0 aliphatic carbocycles. The first-order valence-corrected chi connectivity index (χ1v) is 8.12. The monoisotopic (exact) mass is 307 g/mol. The van der Waals surface area contributed by atoms with Crippen molar-refractivity contribution >= 4 is 5.97 Å². The van der Waals surface area contributed by atoms with E-state index in [1.54, 1.807) is 11.5 Å². The number of rotatable bonds is 5. The van der Waals surface area contributed by atoms with E-state index in [1.165, 1.54) is 0 Å². The molecular formula is C17H25NO4. The molecule has 122 valence electrons. The van der Waals surface area contributed by atoms with Crippen LogP contribution in [0.4, 0.5) is 0 Å². The van der Waals surface area contributed by atoms with Crippen molar-refractivity contribution in [1.82, 2.24) is 4.57 Å². The maximum Gasteiger partial charge on any atom is 0.347 e. The van der Waals surface area contributed by atoms with Gasteiger partial charge in [0.1, 0.15) is 0 Å². The van der Waals surface area contributed by atoms with Crippen molar-refractivity contribution in [1.29, 1.82) is 0 Å². The number of nitrogens with zero attached hydrogens (tertiary/aromatic N) is 1. The van der Waals surface area contributed by atoms with Crippen molar-refractivity contribution in [2.24, 2.45) is 5.92 Å². The topological polar surface area (TPSA) is 68.5 Å². The standard InChI is InChI=1S/C17H25NO4/c1-4-22-17(21)14-15(19)12(9-8-11(2)3)13-7-5-6-10-18(13)16(14)20/h11,20H,4-10H2,1-3H3. The van der Waals surface area contributed by atoms with Crippen LogP contribution in [-0.4, -0.2) is 22.2 Å². The van der Waals surface area contributed by atoms with Gasteiger partial charge in [0.2, 0.25) is 11.3 Å². The Bertz CT molecular complexity index is 616. The van der Waals surface area contributed by atoms with Crippen molar-refractivity contribution in [3.8, 4) is 5.88 Å². The van der Waals surface area contributed by atoms with Gasteiger partial charge in [0, 0.05) is 17.8 Å². The van der Waals surface area contributed by atoms with Gasteiger partial charge in [0.05, 0.1) is 6.61 Å². The molecule has 1 aliphatic rings. The third-order valence-corrected chi connectivity index (χ3v) is 4.15. The number of carbonyl (C=O) groups is 1. The van der Waals surface area contributed by atoms with Gasteiger partial charge in [-0.15, -0.1) is 0 Å². The molecular weight excluding hydrogens is 282 g/mol. The quantitative estimate of drug-likeness (QED) is 0.849. The Morgan fingerprint density at radius 1 is 1.36 bits per heavy atom. The molecule has 0 spiro atoms. The third-order valence-electron chi connectivity index (χ3n) is 4.15. The van der Waals surface area contributed by atoms with Gasteiger partial charge in [-0.2, -0.15) is 0 Å². The fraction of sp³-hybridized carbons (Fsp3) is 0.647. The average Bonchev–Trinajstić information content (AvgIpc) is 2.47. The zero-order valence-electron chi connectivity index (χ0n) is 13.6. The van der Waals surface area contributed by atoms with Crippen LogP contribution in [0.1, 0.15) is 61.6 Å². The van der Waals surface area contributed by atoms with Crippen LogP contribution in [0.15, 0.2) is 4.79 Å². The molecule has 2 heterocycles. The molecule has 0 unspecified atom stereocenters. The fourth-order valence-corrected chi connectivity index (χ4v) is 2.98. The summed E-state index contributed by atoms with van der Waals surface area (Å²) in [4.78, 5) is 24.8. The summed E-state index contributed by atoms with van der Waals surface area (Å²) in [5.74, 6) is -0.480. The first-order valence-electron chi connectivity index (χ1n) is 8.12. The van der Waals surface area contributed by atoms with Crippen molar-refractivity contribution < 1.29 is 14.6 Å². The summed E-state index contributed by atoms with van der Waals surface area (Å²) in [7, 11) is 0. The summed E-state index contributed by atoms with van der Waals surface area (Å²) in [6, 6.07) is 0. The Balaban J connectivity index is 2.57. The summed E-state index contributed by atoms with van der Waals surface area (Å²) in [5, 5.41) is 10.4. The van der Waals surface area contributed by atoms with Crippen molar-refractivity contribution in [3.05, 3.63) is 27.0 Å². The number of ether oxygens (including phenoxy) is 1. The fourth-order valence-electron chi connectivity index (χ4n) is 2.98. The zero-order valence-corrected chi connectivity index (χ0v) is 13.6. The van der Waals surface area contributed by atoms with E-state index >= 15 is 0 Å². The molecule has 0 aromatic carbocycles. The summed E-state index contributed by atoms with van der Waals surface area (Å²) in [5.41, 5.74) is 1.01. The molecule has 1 N–H and O–H groups in total. The number of aromatic hydroxyl groups is 1. The van der Waals surface area contributed by atoms with E-state index in [2.05, 4.69) is 13.8 Å². The maximum absolute atomic E-state index is 12.7. The normalized spacial score (nSPS) is 14.0. The molecule has 0 radical (unpaired) electrons. The highest BCUT2D eigenvalue weighted by molar-refractivity contribution is 5.92. The first-order chi connectivity index (χ1) is 10.5. The third kappa shape index (κ3) is 3.18. The zero-order chi connectivity index (χ0) is 16.3. The Morgan fingerprint density at radius 3 is 2.73 bits per heavy atom. The van der Waals surface area contributed by atoms with Crippen LogP contribution >= 0.6 is 0 Å². The second kappa shape index (κ2) is 6.99. The van der Waals surface area contributed by atoms with E-state index in [-0.39, 0.29) is 23.5 Å². The molecule has 1 aromatic rings. The van der Waals surface area contributed by atoms with Gasteiger partial charge in [-0.3, -0.25) is 4.79 Å². The van der Waals surface area contributed by atoms with Gasteiger partial charge in [0.15, 0.2) is 5.56 Å². The van der Waals surface area contributed by atoms with Gasteiger partial charge in [0.25, 0.3) is 0 Å². The van der Waals surface area contributed by atoms with Crippen LogP contribution in [0.3, 0.4) is 0 Å². The maximum atomic E-state index is 12.7. The van der Waals surface area contributed by atoms with Crippen LogP contribution in [0.2, 0.25) is 0 Å². The SMILES string of the molecule is CCOC(=O)c1c(O)n2c(c(CCC(C)C)c1=O)CCCC2. The molecule has 1 aromatic heterocycles. The minimum absolute atomic E-state index is 0.181. The molecule has 22 heavy (non-hydrogen) atoms. The van der Waals surface area contributed by atoms with E-state index < -0.39 is 5.97 Å². The van der Waals surface area contributed by atoms with E-state index in [1.807, 2.05) is 0 Å².